The number of aromatic nitrogens is 3. The van der Waals surface area contributed by atoms with Crippen molar-refractivity contribution < 1.29 is 4.79 Å². The monoisotopic (exact) mass is 393 g/mol. The van der Waals surface area contributed by atoms with Gasteiger partial charge in [0.05, 0.1) is 5.52 Å². The van der Waals surface area contributed by atoms with Gasteiger partial charge in [-0.05, 0) is 24.3 Å². The van der Waals surface area contributed by atoms with Crippen molar-refractivity contribution in [1.82, 2.24) is 24.8 Å². The summed E-state index contributed by atoms with van der Waals surface area (Å²) >= 11 is 0. The summed E-state index contributed by atoms with van der Waals surface area (Å²) in [7, 11) is 1.96. The van der Waals surface area contributed by atoms with Crippen LogP contribution in [0.2, 0.25) is 0 Å². The van der Waals surface area contributed by atoms with Crippen LogP contribution in [0, 0.1) is 0 Å². The van der Waals surface area contributed by atoms with E-state index in [0.29, 0.717) is 18.7 Å². The molecule has 2 aromatic heterocycles. The molecule has 1 saturated heterocycles. The molecule has 4 rings (SSSR count). The molecule has 1 aromatic carbocycles. The van der Waals surface area contributed by atoms with Crippen LogP contribution in [0.5, 0.6) is 0 Å². The van der Waals surface area contributed by atoms with Crippen molar-refractivity contribution in [1.29, 1.82) is 0 Å². The molecule has 138 valence electrons. The van der Waals surface area contributed by atoms with Crippen LogP contribution in [0.4, 0.5) is 0 Å². The topological polar surface area (TPSA) is 63.1 Å². The summed E-state index contributed by atoms with van der Waals surface area (Å²) in [5.41, 5.74) is 1.59. The van der Waals surface area contributed by atoms with Crippen LogP contribution in [0.1, 0.15) is 22.2 Å². The molecule has 1 atom stereocenters. The van der Waals surface area contributed by atoms with Gasteiger partial charge in [-0.15, -0.1) is 24.8 Å². The van der Waals surface area contributed by atoms with Gasteiger partial charge < -0.3 is 14.8 Å². The Bertz CT molecular complexity index is 898. The Morgan fingerprint density at radius 2 is 2.04 bits per heavy atom. The minimum absolute atomic E-state index is 0. The number of amides is 1. The van der Waals surface area contributed by atoms with E-state index in [0.717, 1.165) is 23.3 Å². The molecular weight excluding hydrogens is 373 g/mol. The first-order valence-electron chi connectivity index (χ1n) is 8.08. The Morgan fingerprint density at radius 1 is 1.19 bits per heavy atom. The van der Waals surface area contributed by atoms with Crippen LogP contribution in [-0.4, -0.2) is 45.0 Å². The number of nitrogens with zero attached hydrogens (tertiary/aromatic N) is 4. The van der Waals surface area contributed by atoms with E-state index in [2.05, 4.69) is 15.3 Å². The van der Waals surface area contributed by atoms with Crippen LogP contribution >= 0.6 is 24.8 Å². The van der Waals surface area contributed by atoms with Gasteiger partial charge in [-0.2, -0.15) is 0 Å². The van der Waals surface area contributed by atoms with E-state index in [1.807, 2.05) is 53.0 Å². The number of hydrogen-bond donors (Lipinski definition) is 1. The smallest absolute Gasteiger partial charge is 0.254 e. The average Bonchev–Trinajstić information content (AvgIpc) is 3.06. The SMILES string of the molecule is Cl.Cl.Cn1ccnc1C1CNCCN1C(=O)c1ccc2ncccc2c1. The minimum atomic E-state index is -0.0594. The van der Waals surface area contributed by atoms with Crippen molar-refractivity contribution >= 4 is 41.6 Å². The summed E-state index contributed by atoms with van der Waals surface area (Å²) in [5, 5.41) is 4.34. The number of pyridine rings is 1. The molecule has 0 aliphatic carbocycles. The van der Waals surface area contributed by atoms with E-state index >= 15 is 0 Å². The van der Waals surface area contributed by atoms with Crippen molar-refractivity contribution in [2.75, 3.05) is 19.6 Å². The quantitative estimate of drug-likeness (QED) is 0.726. The van der Waals surface area contributed by atoms with Gasteiger partial charge in [-0.25, -0.2) is 4.98 Å². The normalized spacial score (nSPS) is 16.7. The Balaban J connectivity index is 0.00000121. The predicted octanol–water partition coefficient (Wildman–Crippen LogP) is 2.60. The molecule has 8 heteroatoms. The van der Waals surface area contributed by atoms with Crippen LogP contribution in [0.25, 0.3) is 10.9 Å². The van der Waals surface area contributed by atoms with Gasteiger partial charge in [0.15, 0.2) is 0 Å². The Labute approximate surface area is 164 Å². The van der Waals surface area contributed by atoms with E-state index < -0.39 is 0 Å². The summed E-state index contributed by atoms with van der Waals surface area (Å²) in [4.78, 5) is 23.8. The van der Waals surface area contributed by atoms with Crippen molar-refractivity contribution in [3.63, 3.8) is 0 Å². The zero-order valence-corrected chi connectivity index (χ0v) is 16.0. The molecule has 1 N–H and O–H groups in total. The zero-order chi connectivity index (χ0) is 16.5. The zero-order valence-electron chi connectivity index (χ0n) is 14.3. The molecule has 1 aliphatic heterocycles. The highest BCUT2D eigenvalue weighted by Gasteiger charge is 2.31. The number of nitrogens with one attached hydrogen (secondary N) is 1. The molecule has 0 spiro atoms. The lowest BCUT2D eigenvalue weighted by molar-refractivity contribution is 0.0621. The Kier molecular flexibility index (Phi) is 6.58. The Hall–Kier alpha value is -2.15. The van der Waals surface area contributed by atoms with E-state index in [1.54, 1.807) is 12.4 Å². The fourth-order valence-corrected chi connectivity index (χ4v) is 3.25. The van der Waals surface area contributed by atoms with E-state index in [1.165, 1.54) is 0 Å². The molecule has 3 aromatic rings. The maximum atomic E-state index is 13.1. The van der Waals surface area contributed by atoms with E-state index in [9.17, 15) is 4.79 Å². The van der Waals surface area contributed by atoms with Gasteiger partial charge in [-0.3, -0.25) is 9.78 Å². The van der Waals surface area contributed by atoms with Crippen LogP contribution in [0.3, 0.4) is 0 Å². The third kappa shape index (κ3) is 3.67. The lowest BCUT2D eigenvalue weighted by Crippen LogP contribution is -2.49. The van der Waals surface area contributed by atoms with Gasteiger partial charge in [-0.1, -0.05) is 6.07 Å². The molecule has 1 fully saturated rings. The fraction of sp³-hybridized carbons (Fsp3) is 0.278. The van der Waals surface area contributed by atoms with Crippen molar-refractivity contribution in [2.24, 2.45) is 7.05 Å². The molecule has 3 heterocycles. The fourth-order valence-electron chi connectivity index (χ4n) is 3.25. The number of imidazole rings is 1. The van der Waals surface area contributed by atoms with Gasteiger partial charge in [0.1, 0.15) is 11.9 Å². The standard InChI is InChI=1S/C18H19N5O.2ClH/c1-22-9-8-21-17(22)16-12-19-7-10-23(16)18(24)14-4-5-15-13(11-14)3-2-6-20-15;;/h2-6,8-9,11,16,19H,7,10,12H2,1H3;2*1H. The summed E-state index contributed by atoms with van der Waals surface area (Å²) < 4.78 is 1.97. The molecule has 0 bridgehead atoms. The number of carbonyl (C=O) groups is 1. The summed E-state index contributed by atoms with van der Waals surface area (Å²) in [6.45, 7) is 2.18. The Morgan fingerprint density at radius 3 is 2.81 bits per heavy atom. The van der Waals surface area contributed by atoms with Crippen LogP contribution in [0.15, 0.2) is 48.9 Å². The van der Waals surface area contributed by atoms with E-state index in [4.69, 9.17) is 0 Å². The lowest BCUT2D eigenvalue weighted by atomic mass is 10.1. The van der Waals surface area contributed by atoms with Crippen LogP contribution < -0.4 is 5.32 Å². The number of halogens is 2. The second-order valence-corrected chi connectivity index (χ2v) is 6.03. The number of hydrogen-bond acceptors (Lipinski definition) is 4. The van der Waals surface area contributed by atoms with Crippen molar-refractivity contribution in [3.05, 3.63) is 60.3 Å². The maximum Gasteiger partial charge on any atom is 0.254 e. The van der Waals surface area contributed by atoms with Crippen molar-refractivity contribution in [3.8, 4) is 0 Å². The molecule has 1 unspecified atom stereocenters. The first-order valence-corrected chi connectivity index (χ1v) is 8.08. The largest absolute Gasteiger partial charge is 0.336 e. The molecule has 1 amide bonds. The summed E-state index contributed by atoms with van der Waals surface area (Å²) in [5.74, 6) is 0.938. The number of benzene rings is 1. The molecule has 1 aliphatic rings. The predicted molar refractivity (Wildman–Crippen MR) is 106 cm³/mol. The number of rotatable bonds is 2. The summed E-state index contributed by atoms with van der Waals surface area (Å²) in [6, 6.07) is 9.49. The van der Waals surface area contributed by atoms with E-state index in [-0.39, 0.29) is 36.8 Å². The van der Waals surface area contributed by atoms with Crippen LogP contribution in [-0.2, 0) is 7.05 Å². The van der Waals surface area contributed by atoms with Gasteiger partial charge in [0.25, 0.3) is 5.91 Å². The molecular formula is C18H21Cl2N5O. The lowest BCUT2D eigenvalue weighted by Gasteiger charge is -2.35. The van der Waals surface area contributed by atoms with Crippen molar-refractivity contribution in [2.45, 2.75) is 6.04 Å². The third-order valence-corrected chi connectivity index (χ3v) is 4.51. The first-order chi connectivity index (χ1) is 11.7. The number of fused-ring (bicyclic) bond motifs is 1. The highest BCUT2D eigenvalue weighted by atomic mass is 35.5. The average molecular weight is 394 g/mol. The number of carbonyl (C=O) groups excluding carboxylic acids is 1. The van der Waals surface area contributed by atoms with Gasteiger partial charge in [0, 0.05) is 56.2 Å². The molecule has 0 saturated carbocycles. The third-order valence-electron chi connectivity index (χ3n) is 4.51. The van der Waals surface area contributed by atoms with Gasteiger partial charge in [0.2, 0.25) is 0 Å². The second kappa shape index (κ2) is 8.49. The molecule has 0 radical (unpaired) electrons. The second-order valence-electron chi connectivity index (χ2n) is 6.03. The van der Waals surface area contributed by atoms with Gasteiger partial charge >= 0.3 is 0 Å². The molecule has 26 heavy (non-hydrogen) atoms. The first kappa shape index (κ1) is 20.2. The highest BCUT2D eigenvalue weighted by molar-refractivity contribution is 5.98. The number of aryl methyl sites for hydroxylation is 1. The molecule has 6 nitrogen and oxygen atoms in total. The maximum absolute atomic E-state index is 13.1. The number of piperazine rings is 1. The summed E-state index contributed by atoms with van der Waals surface area (Å²) in [6.07, 6.45) is 5.44. The minimum Gasteiger partial charge on any atom is -0.336 e. The highest BCUT2D eigenvalue weighted by Crippen LogP contribution is 2.24.